The smallest absolute Gasteiger partial charge is 0.415 e. The number of nitrogens with zero attached hydrogens (tertiary/aromatic N) is 6. The average Bonchev–Trinajstić information content (AvgIpc) is 1.87. The maximum Gasteiger partial charge on any atom is 0.415 e. The molecule has 6 rings (SSSR count). The number of halogens is 2. The fourth-order valence-corrected chi connectivity index (χ4v) is 8.33. The van der Waals surface area contributed by atoms with Crippen molar-refractivity contribution >= 4 is 71.4 Å². The number of ketones is 2. The summed E-state index contributed by atoms with van der Waals surface area (Å²) in [6, 6.07) is 34.4. The number of carbonyl (C=O) groups is 12. The van der Waals surface area contributed by atoms with Gasteiger partial charge in [-0.1, -0.05) is 132 Å². The monoisotopic (exact) mass is 1450 g/mol. The number of azide groups is 2. The first-order valence-electron chi connectivity index (χ1n) is 32.4. The number of alkyl carbamates (subject to hydrolysis) is 2. The van der Waals surface area contributed by atoms with Crippen LogP contribution >= 0.6 is 0 Å². The molecule has 0 bridgehead atoms. The Balaban J connectivity index is 0.000000522. The van der Waals surface area contributed by atoms with E-state index < -0.39 is 90.3 Å². The number of carboxylic acids is 1. The van der Waals surface area contributed by atoms with E-state index in [1.807, 2.05) is 121 Å². The van der Waals surface area contributed by atoms with Crippen LogP contribution in [0.15, 0.2) is 132 Å². The number of carboxylic acid groups (broad SMARTS) is 1. The minimum atomic E-state index is -3.34. The summed E-state index contributed by atoms with van der Waals surface area (Å²) in [5.41, 5.74) is 23.2. The molecule has 0 unspecified atom stereocenters. The molecular formula is C68H86F2N10O23. The predicted octanol–water partition coefficient (Wildman–Crippen LogP) is 5.67. The summed E-state index contributed by atoms with van der Waals surface area (Å²) in [4.78, 5) is 144. The molecule has 103 heavy (non-hydrogen) atoms. The molecule has 2 fully saturated rings. The van der Waals surface area contributed by atoms with Crippen molar-refractivity contribution in [2.24, 2.45) is 16.1 Å². The van der Waals surface area contributed by atoms with Gasteiger partial charge in [-0.25, -0.2) is 28.0 Å². The Morgan fingerprint density at radius 3 is 1.21 bits per heavy atom. The highest BCUT2D eigenvalue weighted by atomic mass is 19.3. The summed E-state index contributed by atoms with van der Waals surface area (Å²) in [7, 11) is 0. The van der Waals surface area contributed by atoms with Crippen LogP contribution in [0.4, 0.5) is 18.4 Å². The topological polar surface area (TPSA) is 481 Å². The Bertz CT molecular complexity index is 3230. The zero-order chi connectivity index (χ0) is 75.7. The van der Waals surface area contributed by atoms with E-state index in [9.17, 15) is 61.5 Å². The number of quaternary nitrogens is 1. The first kappa shape index (κ1) is 88.3. The summed E-state index contributed by atoms with van der Waals surface area (Å²) < 4.78 is 71.2. The maximum atomic E-state index is 13.3. The number of nitrogens with one attached hydrogen (secondary N) is 3. The van der Waals surface area contributed by atoms with Crippen LogP contribution in [0, 0.1) is 5.92 Å². The van der Waals surface area contributed by atoms with Crippen LogP contribution in [0.25, 0.3) is 20.9 Å². The normalized spacial score (nSPS) is 13.6. The van der Waals surface area contributed by atoms with Gasteiger partial charge in [0.25, 0.3) is 6.43 Å². The molecule has 2 heterocycles. The number of ether oxygens (including phenoxy) is 10. The summed E-state index contributed by atoms with van der Waals surface area (Å²) in [5, 5.41) is 22.9. The third kappa shape index (κ3) is 45.6. The molecule has 0 saturated carbocycles. The van der Waals surface area contributed by atoms with E-state index in [0.717, 1.165) is 28.8 Å². The molecule has 0 radical (unpaired) electrons. The molecule has 2 aliphatic rings. The van der Waals surface area contributed by atoms with E-state index in [1.165, 1.54) is 6.92 Å². The van der Waals surface area contributed by atoms with Gasteiger partial charge in [0.2, 0.25) is 5.91 Å². The molecule has 0 spiro atoms. The quantitative estimate of drug-likeness (QED) is 0.00788. The zero-order valence-electron chi connectivity index (χ0n) is 56.9. The molecule has 2 aliphatic heterocycles. The number of carbonyl (C=O) groups excluding carboxylic acids is 12. The lowest BCUT2D eigenvalue weighted by Gasteiger charge is -2.21. The van der Waals surface area contributed by atoms with Crippen LogP contribution in [0.3, 0.4) is 0 Å². The summed E-state index contributed by atoms with van der Waals surface area (Å²) >= 11 is 0. The Morgan fingerprint density at radius 1 is 0.534 bits per heavy atom. The maximum absolute atomic E-state index is 13.3. The number of rotatable bonds is 44. The molecule has 2 saturated heterocycles. The van der Waals surface area contributed by atoms with Gasteiger partial charge >= 0.3 is 48.0 Å². The SMILES string of the molecule is CC(=O)C[C@H](CCC(=O)OCc1ccccc1)C(=O)N[C@@H](CCC(=O)OCc1ccccc1)C(=O)CCCOCCOCCN=[N+]=[N-].O=C(CC[C@@H]1NC(=O)OC1=O)OCc1ccccc1.O=C(CC[C@H]1NC(=O)OC1=O)OCc1ccccc1.O=C([O-])C(F)F.[N-]=[N+]=NCCOCCOCC[NH3+]. The van der Waals surface area contributed by atoms with Gasteiger partial charge in [-0.05, 0) is 72.3 Å². The Kier molecular flexibility index (Phi) is 47.9. The van der Waals surface area contributed by atoms with Crippen LogP contribution in [0.1, 0.15) is 99.8 Å². The van der Waals surface area contributed by atoms with Crippen molar-refractivity contribution in [1.29, 1.82) is 0 Å². The van der Waals surface area contributed by atoms with E-state index in [4.69, 9.17) is 58.9 Å². The van der Waals surface area contributed by atoms with Crippen molar-refractivity contribution < 1.29 is 125 Å². The van der Waals surface area contributed by atoms with E-state index in [0.29, 0.717) is 52.6 Å². The van der Waals surface area contributed by atoms with Gasteiger partial charge in [-0.15, -0.1) is 0 Å². The van der Waals surface area contributed by atoms with Gasteiger partial charge in [0.1, 0.15) is 50.3 Å². The fraction of sp³-hybridized carbons (Fsp3) is 0.471. The molecular weight excluding hydrogens is 1360 g/mol. The molecule has 4 aromatic carbocycles. The van der Waals surface area contributed by atoms with Crippen LogP contribution in [0.2, 0.25) is 0 Å². The number of Topliss-reactive ketones (excluding diaryl/α,β-unsaturated/α-hetero) is 2. The lowest BCUT2D eigenvalue weighted by atomic mass is 9.94. The highest BCUT2D eigenvalue weighted by Gasteiger charge is 2.34. The van der Waals surface area contributed by atoms with Gasteiger partial charge in [0, 0.05) is 74.0 Å². The number of aliphatic carboxylic acids is 1. The minimum Gasteiger partial charge on any atom is -0.544 e. The van der Waals surface area contributed by atoms with Gasteiger partial charge in [0.05, 0.1) is 58.8 Å². The Hall–Kier alpha value is -10.8. The van der Waals surface area contributed by atoms with Crippen molar-refractivity contribution in [3.63, 3.8) is 0 Å². The molecule has 4 atom stereocenters. The number of hydrogen-bond donors (Lipinski definition) is 4. The van der Waals surface area contributed by atoms with Crippen LogP contribution < -0.4 is 26.8 Å². The second-order valence-electron chi connectivity index (χ2n) is 21.6. The molecule has 0 aromatic heterocycles. The van der Waals surface area contributed by atoms with Gasteiger partial charge < -0.3 is 83.7 Å². The Morgan fingerprint density at radius 2 is 0.883 bits per heavy atom. The van der Waals surface area contributed by atoms with E-state index in [1.54, 1.807) is 0 Å². The van der Waals surface area contributed by atoms with Gasteiger partial charge in [-0.3, -0.25) is 28.8 Å². The number of amides is 3. The van der Waals surface area contributed by atoms with Crippen molar-refractivity contribution in [3.05, 3.63) is 164 Å². The molecule has 33 nitrogen and oxygen atoms in total. The van der Waals surface area contributed by atoms with Crippen molar-refractivity contribution in [2.45, 2.75) is 129 Å². The lowest BCUT2D eigenvalue weighted by Crippen LogP contribution is -2.52. The third-order valence-electron chi connectivity index (χ3n) is 13.4. The number of benzene rings is 4. The van der Waals surface area contributed by atoms with Crippen molar-refractivity contribution in [2.75, 3.05) is 72.5 Å². The molecule has 4 aromatic rings. The van der Waals surface area contributed by atoms with E-state index >= 15 is 0 Å². The summed E-state index contributed by atoms with van der Waals surface area (Å²) in [6.07, 6.45) is -4.25. The third-order valence-corrected chi connectivity index (χ3v) is 13.4. The van der Waals surface area contributed by atoms with Crippen molar-refractivity contribution in [3.8, 4) is 0 Å². The number of hydrogen-bond acceptors (Lipinski definition) is 25. The van der Waals surface area contributed by atoms with Crippen LogP contribution in [-0.2, 0) is 122 Å². The minimum absolute atomic E-state index is 0.00395. The Labute approximate surface area is 591 Å². The molecule has 35 heteroatoms. The lowest BCUT2D eigenvalue weighted by molar-refractivity contribution is -0.374. The molecule has 560 valence electrons. The number of alkyl halides is 2. The predicted molar refractivity (Wildman–Crippen MR) is 354 cm³/mol. The summed E-state index contributed by atoms with van der Waals surface area (Å²) in [5.74, 6) is -7.45. The van der Waals surface area contributed by atoms with E-state index in [2.05, 4.69) is 51.2 Å². The fourth-order valence-electron chi connectivity index (χ4n) is 8.33. The number of cyclic esters (lactones) is 4. The highest BCUT2D eigenvalue weighted by molar-refractivity contribution is 5.96. The highest BCUT2D eigenvalue weighted by Crippen LogP contribution is 2.17. The first-order chi connectivity index (χ1) is 49.6. The first-order valence-corrected chi connectivity index (χ1v) is 32.4. The van der Waals surface area contributed by atoms with Gasteiger partial charge in [-0.2, -0.15) is 0 Å². The molecule has 3 amide bonds. The molecule has 0 aliphatic carbocycles. The van der Waals surface area contributed by atoms with Crippen LogP contribution in [-0.4, -0.2) is 168 Å². The largest absolute Gasteiger partial charge is 0.544 e. The summed E-state index contributed by atoms with van der Waals surface area (Å²) in [6.45, 7) is 6.68. The second kappa shape index (κ2) is 55.9. The second-order valence-corrected chi connectivity index (χ2v) is 21.6. The number of esters is 6. The van der Waals surface area contributed by atoms with Gasteiger partial charge in [0.15, 0.2) is 5.78 Å². The average molecular weight is 1450 g/mol. The van der Waals surface area contributed by atoms with E-state index in [-0.39, 0.29) is 122 Å². The zero-order valence-corrected chi connectivity index (χ0v) is 56.9. The van der Waals surface area contributed by atoms with Crippen molar-refractivity contribution in [1.82, 2.24) is 16.0 Å². The van der Waals surface area contributed by atoms with Crippen LogP contribution in [0.5, 0.6) is 0 Å². The molecule has 6 N–H and O–H groups in total. The standard InChI is InChI=1S/C34H44N4O9.2C13H13NO5.C6H14N4O2.C2H2F2O2/c1-26(39)23-29(14-16-32(41)46-24-27-9-4-2-5-10-27)34(43)37-30(15-17-33(42)47-25-28-11-6-3-7-12-28)31(40)13-8-19-44-21-22-45-20-18-36-38-35;2*15-11(18-8-9-4-2-1-3-5-9)7-6-10-12(16)19-13(17)14-10;7-1-3-11-5-6-12-4-2-9-10-8;3-1(4)2(5)6/h2-7,9-12,29-30H,8,13-25H2,1H3,(H,37,43);2*1-5,10H,6-8H2,(H,14,17);1-7H2;1H,(H,5,6)/t29-,30-;2*10-;;/m010../s1.